The lowest BCUT2D eigenvalue weighted by atomic mass is 10.3. The summed E-state index contributed by atoms with van der Waals surface area (Å²) in [4.78, 5) is 2.01. The summed E-state index contributed by atoms with van der Waals surface area (Å²) in [5.74, 6) is -0.724. The molecule has 0 bridgehead atoms. The molecule has 106 valence electrons. The highest BCUT2D eigenvalue weighted by atomic mass is 32.2. The van der Waals surface area contributed by atoms with Gasteiger partial charge in [-0.1, -0.05) is 0 Å². The van der Waals surface area contributed by atoms with Gasteiger partial charge in [0.2, 0.25) is 10.0 Å². The molecule has 0 atom stereocenters. The summed E-state index contributed by atoms with van der Waals surface area (Å²) in [6, 6.07) is 4.06. The second kappa shape index (κ2) is 5.44. The van der Waals surface area contributed by atoms with Crippen molar-refractivity contribution in [3.63, 3.8) is 0 Å². The van der Waals surface area contributed by atoms with Gasteiger partial charge in [0.05, 0.1) is 10.6 Å². The van der Waals surface area contributed by atoms with Crippen molar-refractivity contribution in [1.82, 2.24) is 9.62 Å². The van der Waals surface area contributed by atoms with Crippen molar-refractivity contribution in [1.29, 1.82) is 0 Å². The number of hydrogen-bond donors (Lipinski definition) is 2. The predicted molar refractivity (Wildman–Crippen MR) is 71.7 cm³/mol. The number of nitrogens with zero attached hydrogens (tertiary/aromatic N) is 1. The van der Waals surface area contributed by atoms with E-state index < -0.39 is 15.8 Å². The molecule has 0 heterocycles. The molecular weight excluding hydrogens is 269 g/mol. The summed E-state index contributed by atoms with van der Waals surface area (Å²) in [7, 11) is -1.71. The third-order valence-corrected chi connectivity index (χ3v) is 4.67. The maximum absolute atomic E-state index is 13.2. The van der Waals surface area contributed by atoms with Crippen LogP contribution in [0.5, 0.6) is 0 Å². The average Bonchev–Trinajstić information content (AvgIpc) is 3.16. The van der Waals surface area contributed by atoms with E-state index in [9.17, 15) is 12.8 Å². The number of benzene rings is 1. The summed E-state index contributed by atoms with van der Waals surface area (Å²) in [5.41, 5.74) is 5.25. The van der Waals surface area contributed by atoms with Gasteiger partial charge in [-0.3, -0.25) is 0 Å². The molecule has 1 saturated carbocycles. The zero-order valence-electron chi connectivity index (χ0n) is 10.8. The minimum atomic E-state index is -3.67. The van der Waals surface area contributed by atoms with Crippen molar-refractivity contribution in [3.05, 3.63) is 24.0 Å². The molecule has 1 aromatic rings. The first-order chi connectivity index (χ1) is 8.90. The van der Waals surface area contributed by atoms with E-state index in [0.717, 1.165) is 6.07 Å². The average molecular weight is 287 g/mol. The van der Waals surface area contributed by atoms with Gasteiger partial charge in [0.15, 0.2) is 0 Å². The Morgan fingerprint density at radius 1 is 1.47 bits per heavy atom. The van der Waals surface area contributed by atoms with Crippen LogP contribution >= 0.6 is 0 Å². The van der Waals surface area contributed by atoms with E-state index in [0.29, 0.717) is 19.1 Å². The number of likely N-dealkylation sites (N-methyl/N-ethyl adjacent to an activating group) is 1. The minimum Gasteiger partial charge on any atom is -0.396 e. The van der Waals surface area contributed by atoms with E-state index in [4.69, 9.17) is 5.73 Å². The molecule has 0 saturated heterocycles. The Labute approximate surface area is 112 Å². The van der Waals surface area contributed by atoms with E-state index in [1.807, 2.05) is 7.05 Å². The number of halogens is 1. The van der Waals surface area contributed by atoms with Crippen LogP contribution in [0.1, 0.15) is 12.8 Å². The first-order valence-electron chi connectivity index (χ1n) is 6.15. The maximum atomic E-state index is 13.2. The summed E-state index contributed by atoms with van der Waals surface area (Å²) in [6.07, 6.45) is 2.35. The lowest BCUT2D eigenvalue weighted by Gasteiger charge is -2.15. The van der Waals surface area contributed by atoms with Crippen LogP contribution in [0.25, 0.3) is 0 Å². The normalized spacial score (nSPS) is 15.9. The molecule has 1 aromatic carbocycles. The summed E-state index contributed by atoms with van der Waals surface area (Å²) < 4.78 is 39.6. The standard InChI is InChI=1S/C12H18FN3O2S/c1-16(9-2-3-9)7-6-15-19(17,18)10-4-5-12(14)11(13)8-10/h4-5,8-9,15H,2-3,6-7,14H2,1H3. The summed E-state index contributed by atoms with van der Waals surface area (Å²) in [5, 5.41) is 0. The van der Waals surface area contributed by atoms with Crippen LogP contribution in [0.4, 0.5) is 10.1 Å². The molecule has 19 heavy (non-hydrogen) atoms. The SMILES string of the molecule is CN(CCNS(=O)(=O)c1ccc(N)c(F)c1)C1CC1. The molecule has 1 aliphatic rings. The monoisotopic (exact) mass is 287 g/mol. The third kappa shape index (κ3) is 3.65. The molecule has 0 radical (unpaired) electrons. The van der Waals surface area contributed by atoms with Crippen molar-refractivity contribution in [3.8, 4) is 0 Å². The van der Waals surface area contributed by atoms with Crippen LogP contribution in [0, 0.1) is 5.82 Å². The molecule has 0 aliphatic heterocycles. The topological polar surface area (TPSA) is 75.4 Å². The van der Waals surface area contributed by atoms with Crippen LogP contribution in [0.3, 0.4) is 0 Å². The molecule has 2 rings (SSSR count). The highest BCUT2D eigenvalue weighted by Gasteiger charge is 2.26. The Hall–Kier alpha value is -1.18. The van der Waals surface area contributed by atoms with Crippen LogP contribution in [0.15, 0.2) is 23.1 Å². The molecular formula is C12H18FN3O2S. The highest BCUT2D eigenvalue weighted by Crippen LogP contribution is 2.24. The lowest BCUT2D eigenvalue weighted by Crippen LogP contribution is -2.34. The molecule has 0 spiro atoms. The number of anilines is 1. The maximum Gasteiger partial charge on any atom is 0.240 e. The molecule has 1 aliphatic carbocycles. The van der Waals surface area contributed by atoms with Crippen LogP contribution in [-0.4, -0.2) is 39.5 Å². The first-order valence-corrected chi connectivity index (χ1v) is 7.63. The van der Waals surface area contributed by atoms with Crippen LogP contribution in [0.2, 0.25) is 0 Å². The van der Waals surface area contributed by atoms with Crippen molar-refractivity contribution in [2.24, 2.45) is 0 Å². The number of rotatable bonds is 6. The van der Waals surface area contributed by atoms with Crippen molar-refractivity contribution < 1.29 is 12.8 Å². The van der Waals surface area contributed by atoms with Gasteiger partial charge in [-0.25, -0.2) is 17.5 Å². The smallest absolute Gasteiger partial charge is 0.240 e. The third-order valence-electron chi connectivity index (χ3n) is 3.21. The fourth-order valence-electron chi connectivity index (χ4n) is 1.81. The zero-order valence-corrected chi connectivity index (χ0v) is 11.6. The molecule has 3 N–H and O–H groups in total. The minimum absolute atomic E-state index is 0.0626. The van der Waals surface area contributed by atoms with Gasteiger partial charge in [0.1, 0.15) is 5.82 Å². The van der Waals surface area contributed by atoms with E-state index in [-0.39, 0.29) is 10.6 Å². The number of nitrogens with one attached hydrogen (secondary N) is 1. The molecule has 1 fully saturated rings. The quantitative estimate of drug-likeness (QED) is 0.758. The fraction of sp³-hybridized carbons (Fsp3) is 0.500. The van der Waals surface area contributed by atoms with E-state index in [1.54, 1.807) is 0 Å². The Morgan fingerprint density at radius 2 is 2.16 bits per heavy atom. The van der Waals surface area contributed by atoms with E-state index in [2.05, 4.69) is 9.62 Å². The van der Waals surface area contributed by atoms with E-state index in [1.165, 1.54) is 25.0 Å². The second-order valence-corrected chi connectivity index (χ2v) is 6.56. The zero-order chi connectivity index (χ0) is 14.0. The Bertz CT molecular complexity index is 558. The number of nitrogen functional groups attached to an aromatic ring is 1. The van der Waals surface area contributed by atoms with Gasteiger partial charge >= 0.3 is 0 Å². The number of sulfonamides is 1. The van der Waals surface area contributed by atoms with Crippen molar-refractivity contribution >= 4 is 15.7 Å². The largest absolute Gasteiger partial charge is 0.396 e. The Balaban J connectivity index is 1.95. The Morgan fingerprint density at radius 3 is 2.74 bits per heavy atom. The number of hydrogen-bond acceptors (Lipinski definition) is 4. The van der Waals surface area contributed by atoms with Gasteiger partial charge in [-0.15, -0.1) is 0 Å². The summed E-state index contributed by atoms with van der Waals surface area (Å²) >= 11 is 0. The van der Waals surface area contributed by atoms with Crippen molar-refractivity contribution in [2.45, 2.75) is 23.8 Å². The van der Waals surface area contributed by atoms with Gasteiger partial charge in [-0.05, 0) is 38.1 Å². The van der Waals surface area contributed by atoms with Crippen molar-refractivity contribution in [2.75, 3.05) is 25.9 Å². The van der Waals surface area contributed by atoms with Gasteiger partial charge in [-0.2, -0.15) is 0 Å². The molecule has 5 nitrogen and oxygen atoms in total. The van der Waals surface area contributed by atoms with Gasteiger partial charge < -0.3 is 10.6 Å². The molecule has 0 unspecified atom stereocenters. The van der Waals surface area contributed by atoms with E-state index >= 15 is 0 Å². The molecule has 7 heteroatoms. The number of nitrogens with two attached hydrogens (primary N) is 1. The first kappa shape index (κ1) is 14.2. The molecule has 0 aromatic heterocycles. The lowest BCUT2D eigenvalue weighted by molar-refractivity contribution is 0.329. The van der Waals surface area contributed by atoms with Gasteiger partial charge in [0.25, 0.3) is 0 Å². The van der Waals surface area contributed by atoms with Gasteiger partial charge in [0, 0.05) is 19.1 Å². The second-order valence-electron chi connectivity index (χ2n) is 4.79. The summed E-state index contributed by atoms with van der Waals surface area (Å²) in [6.45, 7) is 0.947. The van der Waals surface area contributed by atoms with Crippen LogP contribution in [-0.2, 0) is 10.0 Å². The fourth-order valence-corrected chi connectivity index (χ4v) is 2.85. The Kier molecular flexibility index (Phi) is 4.07. The predicted octanol–water partition coefficient (Wildman–Crippen LogP) is 0.780. The molecule has 0 amide bonds. The van der Waals surface area contributed by atoms with Crippen LogP contribution < -0.4 is 10.5 Å². The highest BCUT2D eigenvalue weighted by molar-refractivity contribution is 7.89.